The van der Waals surface area contributed by atoms with E-state index in [0.29, 0.717) is 11.4 Å². The minimum absolute atomic E-state index is 0.00552. The molecule has 4 heterocycles. The van der Waals surface area contributed by atoms with Gasteiger partial charge in [0.15, 0.2) is 23.7 Å². The van der Waals surface area contributed by atoms with Crippen molar-refractivity contribution in [1.82, 2.24) is 24.3 Å². The van der Waals surface area contributed by atoms with Gasteiger partial charge in [-0.15, -0.1) is 21.1 Å². The summed E-state index contributed by atoms with van der Waals surface area (Å²) in [7, 11) is 0. The molecule has 2 atom stereocenters. The van der Waals surface area contributed by atoms with Crippen LogP contribution < -0.4 is 21.5 Å². The predicted molar refractivity (Wildman–Crippen MR) is 143 cm³/mol. The molecular weight excluding hydrogens is 585 g/mol. The number of amides is 2. The van der Waals surface area contributed by atoms with Crippen molar-refractivity contribution in [1.29, 1.82) is 0 Å². The van der Waals surface area contributed by atoms with E-state index < -0.39 is 53.2 Å². The molecule has 2 aromatic rings. The fraction of sp³-hybridized carbons (Fsp3) is 0.455. The number of nitrogens with one attached hydrogen (secondary N) is 1. The van der Waals surface area contributed by atoms with E-state index in [0.717, 1.165) is 16.4 Å². The molecule has 0 spiro atoms. The Morgan fingerprint density at radius 2 is 2.07 bits per heavy atom. The number of fused-ring (bicyclic) bond motifs is 1. The highest BCUT2D eigenvalue weighted by molar-refractivity contribution is 8.00. The Labute approximate surface area is 240 Å². The van der Waals surface area contributed by atoms with E-state index in [2.05, 4.69) is 19.8 Å². The first-order chi connectivity index (χ1) is 19.4. The number of carboxylic acid groups (broad SMARTS) is 2. The number of nitrogen functional groups attached to an aromatic ring is 2. The molecular formula is C22H27FN9O7S2+. The van der Waals surface area contributed by atoms with Gasteiger partial charge in [-0.1, -0.05) is 5.16 Å². The SMILES string of the molecule is CC(C)(O/N=C(\C(=O)N[C@@H]1C(=O)N2C(C(=O)O)=C(C[n+]3ccc(N)n3CCCF)CS[C@H]12)c1nsc(N)n1)C(=O)O. The third kappa shape index (κ3) is 5.94. The van der Waals surface area contributed by atoms with Gasteiger partial charge in [0.2, 0.25) is 17.1 Å². The summed E-state index contributed by atoms with van der Waals surface area (Å²) in [4.78, 5) is 60.0. The number of aliphatic carboxylic acids is 2. The minimum Gasteiger partial charge on any atom is -0.478 e. The van der Waals surface area contributed by atoms with Gasteiger partial charge in [-0.2, -0.15) is 9.36 Å². The van der Waals surface area contributed by atoms with Crippen molar-refractivity contribution in [3.8, 4) is 0 Å². The zero-order chi connectivity index (χ0) is 30.1. The molecule has 0 aliphatic carbocycles. The van der Waals surface area contributed by atoms with E-state index in [1.165, 1.54) is 25.6 Å². The first-order valence-electron chi connectivity index (χ1n) is 12.1. The van der Waals surface area contributed by atoms with Crippen molar-refractivity contribution in [2.24, 2.45) is 5.16 Å². The highest BCUT2D eigenvalue weighted by Gasteiger charge is 2.55. The molecule has 2 aliphatic rings. The number of nitrogens with zero attached hydrogens (tertiary/aromatic N) is 6. The number of carbonyl (C=O) groups excluding carboxylic acids is 2. The van der Waals surface area contributed by atoms with Crippen molar-refractivity contribution in [3.63, 3.8) is 0 Å². The van der Waals surface area contributed by atoms with Gasteiger partial charge in [0.05, 0.1) is 19.3 Å². The van der Waals surface area contributed by atoms with E-state index in [1.807, 2.05) is 0 Å². The smallest absolute Gasteiger partial charge is 0.352 e. The van der Waals surface area contributed by atoms with E-state index in [4.69, 9.17) is 16.3 Å². The highest BCUT2D eigenvalue weighted by Crippen LogP contribution is 2.40. The summed E-state index contributed by atoms with van der Waals surface area (Å²) in [6, 6.07) is 0.484. The van der Waals surface area contributed by atoms with Crippen LogP contribution in [0.2, 0.25) is 0 Å². The molecule has 41 heavy (non-hydrogen) atoms. The first kappa shape index (κ1) is 29.7. The number of rotatable bonds is 12. The summed E-state index contributed by atoms with van der Waals surface area (Å²) in [5.41, 5.74) is 9.47. The second kappa shape index (κ2) is 11.7. The maximum Gasteiger partial charge on any atom is 0.352 e. The molecule has 4 rings (SSSR count). The van der Waals surface area contributed by atoms with Crippen LogP contribution >= 0.6 is 23.3 Å². The molecule has 0 bridgehead atoms. The van der Waals surface area contributed by atoms with Crippen LogP contribution in [-0.2, 0) is 37.1 Å². The van der Waals surface area contributed by atoms with Crippen LogP contribution in [0.15, 0.2) is 28.7 Å². The quantitative estimate of drug-likeness (QED) is 0.0856. The Hall–Kier alpha value is -4.26. The monoisotopic (exact) mass is 612 g/mol. The average molecular weight is 613 g/mol. The molecule has 1 saturated heterocycles. The summed E-state index contributed by atoms with van der Waals surface area (Å²) >= 11 is 2.00. The number of hydrogen-bond acceptors (Lipinski definition) is 12. The molecule has 220 valence electrons. The Bertz CT molecular complexity index is 1450. The number of carboxylic acids is 2. The maximum atomic E-state index is 13.2. The van der Waals surface area contributed by atoms with E-state index >= 15 is 0 Å². The van der Waals surface area contributed by atoms with Crippen molar-refractivity contribution in [2.45, 2.75) is 50.4 Å². The molecule has 0 saturated carbocycles. The number of halogens is 1. The second-order valence-corrected chi connectivity index (χ2v) is 11.3. The molecule has 2 aliphatic heterocycles. The Balaban J connectivity index is 1.55. The minimum atomic E-state index is -1.80. The lowest BCUT2D eigenvalue weighted by Crippen LogP contribution is -2.71. The molecule has 0 radical (unpaired) electrons. The van der Waals surface area contributed by atoms with Crippen LogP contribution in [0.4, 0.5) is 15.3 Å². The lowest BCUT2D eigenvalue weighted by Gasteiger charge is -2.49. The second-order valence-electron chi connectivity index (χ2n) is 9.42. The summed E-state index contributed by atoms with van der Waals surface area (Å²) in [6.07, 6.45) is 1.87. The molecule has 0 aromatic carbocycles. The number of carbonyl (C=O) groups is 4. The van der Waals surface area contributed by atoms with Crippen LogP contribution in [0, 0.1) is 0 Å². The number of alkyl halides is 1. The number of thioether (sulfide) groups is 1. The summed E-state index contributed by atoms with van der Waals surface area (Å²) < 4.78 is 19.9. The number of aromatic nitrogens is 4. The van der Waals surface area contributed by atoms with Crippen LogP contribution in [0.25, 0.3) is 0 Å². The third-order valence-corrected chi connectivity index (χ3v) is 8.05. The number of oxime groups is 1. The van der Waals surface area contributed by atoms with Gasteiger partial charge in [0.1, 0.15) is 17.1 Å². The van der Waals surface area contributed by atoms with Crippen molar-refractivity contribution in [2.75, 3.05) is 23.9 Å². The Kier molecular flexibility index (Phi) is 8.47. The molecule has 19 heteroatoms. The molecule has 7 N–H and O–H groups in total. The van der Waals surface area contributed by atoms with E-state index in [9.17, 15) is 33.8 Å². The Morgan fingerprint density at radius 3 is 2.68 bits per heavy atom. The highest BCUT2D eigenvalue weighted by atomic mass is 32.2. The molecule has 2 aromatic heterocycles. The first-order valence-corrected chi connectivity index (χ1v) is 13.9. The van der Waals surface area contributed by atoms with E-state index in [-0.39, 0.29) is 41.9 Å². The fourth-order valence-electron chi connectivity index (χ4n) is 4.01. The third-order valence-electron chi connectivity index (χ3n) is 6.17. The topological polar surface area (TPSA) is 232 Å². The van der Waals surface area contributed by atoms with E-state index in [1.54, 1.807) is 21.6 Å². The summed E-state index contributed by atoms with van der Waals surface area (Å²) in [5.74, 6) is -3.96. The van der Waals surface area contributed by atoms with Gasteiger partial charge in [-0.05, 0) is 20.3 Å². The number of β-lactam (4-membered cyclic amide) rings is 1. The zero-order valence-electron chi connectivity index (χ0n) is 21.8. The lowest BCUT2D eigenvalue weighted by molar-refractivity contribution is -0.767. The summed E-state index contributed by atoms with van der Waals surface area (Å²) in [6.45, 7) is 2.26. The molecule has 1 fully saturated rings. The Morgan fingerprint density at radius 1 is 1.34 bits per heavy atom. The van der Waals surface area contributed by atoms with Gasteiger partial charge in [0, 0.05) is 22.9 Å². The molecule has 2 amide bonds. The standard InChI is InChI=1S/C22H26FN9O7S2/c1-22(2,20(37)38)39-28-12(15-27-21(25)41-29-15)16(33)26-13-17(34)32-14(19(35)36)10(9-40-18(13)32)8-30-7-4-11(24)31(30)6-3-5-23/h4,7,13,18,24H,3,5-6,8-9H2,1-2H3,(H5,25,26,27,29,33,35,36,37,38)/p+1/b28-12-/t13-,18-/m1/s1. The van der Waals surface area contributed by atoms with Crippen LogP contribution in [0.1, 0.15) is 26.1 Å². The van der Waals surface area contributed by atoms with Gasteiger partial charge < -0.3 is 31.8 Å². The van der Waals surface area contributed by atoms with Crippen LogP contribution in [0.3, 0.4) is 0 Å². The molecule has 16 nitrogen and oxygen atoms in total. The van der Waals surface area contributed by atoms with Crippen molar-refractivity contribution in [3.05, 3.63) is 29.4 Å². The van der Waals surface area contributed by atoms with Gasteiger partial charge in [-0.25, -0.2) is 9.59 Å². The largest absolute Gasteiger partial charge is 0.478 e. The van der Waals surface area contributed by atoms with Crippen LogP contribution in [-0.4, -0.2) is 88.1 Å². The number of hydrogen-bond donors (Lipinski definition) is 5. The number of nitrogens with two attached hydrogens (primary N) is 2. The average Bonchev–Trinajstić information content (AvgIpc) is 3.50. The normalized spacial score (nSPS) is 19.0. The van der Waals surface area contributed by atoms with Crippen LogP contribution in [0.5, 0.6) is 0 Å². The number of anilines is 2. The van der Waals surface area contributed by atoms with Crippen molar-refractivity contribution < 1.29 is 43.3 Å². The van der Waals surface area contributed by atoms with Crippen molar-refractivity contribution >= 4 is 63.7 Å². The van der Waals surface area contributed by atoms with Gasteiger partial charge in [-0.3, -0.25) is 18.9 Å². The maximum absolute atomic E-state index is 13.2. The zero-order valence-corrected chi connectivity index (χ0v) is 23.4. The van der Waals surface area contributed by atoms with Gasteiger partial charge >= 0.3 is 11.9 Å². The molecule has 0 unspecified atom stereocenters. The predicted octanol–water partition coefficient (Wildman–Crippen LogP) is -0.826. The lowest BCUT2D eigenvalue weighted by atomic mass is 10.0. The summed E-state index contributed by atoms with van der Waals surface area (Å²) in [5, 5.41) is 24.7. The fourth-order valence-corrected chi connectivity index (χ4v) is 5.78. The van der Waals surface area contributed by atoms with Gasteiger partial charge in [0.25, 0.3) is 11.8 Å².